The van der Waals surface area contributed by atoms with E-state index in [-0.39, 0.29) is 5.56 Å². The average molecular weight is 278 g/mol. The predicted molar refractivity (Wildman–Crippen MR) is 77.4 cm³/mol. The summed E-state index contributed by atoms with van der Waals surface area (Å²) in [5.41, 5.74) is 0.278. The molecule has 0 aromatic heterocycles. The third-order valence-electron chi connectivity index (χ3n) is 3.35. The van der Waals surface area contributed by atoms with Gasteiger partial charge in [0.15, 0.2) is 0 Å². The molecule has 1 aliphatic rings. The standard InChI is InChI=1S/C15H22N2O3/c1-17(9-8-16-13-4-5-13)10-11-20-14-6-2-12(3-7-14)15(18)19/h2-3,6-7,13,16H,4-5,8-11H2,1H3,(H,18,19). The van der Waals surface area contributed by atoms with Crippen LogP contribution >= 0.6 is 0 Å². The maximum Gasteiger partial charge on any atom is 0.335 e. The lowest BCUT2D eigenvalue weighted by Crippen LogP contribution is -2.32. The molecule has 1 aliphatic carbocycles. The molecule has 0 aliphatic heterocycles. The molecular weight excluding hydrogens is 256 g/mol. The van der Waals surface area contributed by atoms with E-state index in [2.05, 4.69) is 17.3 Å². The molecule has 20 heavy (non-hydrogen) atoms. The number of likely N-dealkylation sites (N-methyl/N-ethyl adjacent to an activating group) is 1. The van der Waals surface area contributed by atoms with Gasteiger partial charge < -0.3 is 20.1 Å². The maximum atomic E-state index is 10.7. The highest BCUT2D eigenvalue weighted by Crippen LogP contribution is 2.18. The number of benzene rings is 1. The van der Waals surface area contributed by atoms with Gasteiger partial charge in [-0.1, -0.05) is 0 Å². The van der Waals surface area contributed by atoms with Gasteiger partial charge in [-0.3, -0.25) is 0 Å². The van der Waals surface area contributed by atoms with E-state index in [0.717, 1.165) is 25.7 Å². The van der Waals surface area contributed by atoms with Crippen LogP contribution in [0.4, 0.5) is 0 Å². The van der Waals surface area contributed by atoms with Gasteiger partial charge >= 0.3 is 5.97 Å². The molecule has 0 bridgehead atoms. The molecule has 1 fully saturated rings. The lowest BCUT2D eigenvalue weighted by molar-refractivity contribution is 0.0697. The van der Waals surface area contributed by atoms with Crippen molar-refractivity contribution in [3.63, 3.8) is 0 Å². The van der Waals surface area contributed by atoms with Crippen LogP contribution in [-0.4, -0.2) is 55.3 Å². The van der Waals surface area contributed by atoms with Gasteiger partial charge in [0.2, 0.25) is 0 Å². The van der Waals surface area contributed by atoms with E-state index in [0.29, 0.717) is 12.4 Å². The fourth-order valence-electron chi connectivity index (χ4n) is 1.87. The highest BCUT2D eigenvalue weighted by Gasteiger charge is 2.19. The SMILES string of the molecule is CN(CCNC1CC1)CCOc1ccc(C(=O)O)cc1. The summed E-state index contributed by atoms with van der Waals surface area (Å²) in [6.45, 7) is 3.49. The highest BCUT2D eigenvalue weighted by atomic mass is 16.5. The summed E-state index contributed by atoms with van der Waals surface area (Å²) < 4.78 is 5.60. The fourth-order valence-corrected chi connectivity index (χ4v) is 1.87. The van der Waals surface area contributed by atoms with Crippen LogP contribution in [0.3, 0.4) is 0 Å². The van der Waals surface area contributed by atoms with Crippen LogP contribution in [0.5, 0.6) is 5.75 Å². The Kier molecular flexibility index (Phi) is 5.38. The third-order valence-corrected chi connectivity index (χ3v) is 3.35. The summed E-state index contributed by atoms with van der Waals surface area (Å²) in [5.74, 6) is -0.209. The molecular formula is C15H22N2O3. The Hall–Kier alpha value is -1.59. The summed E-state index contributed by atoms with van der Waals surface area (Å²) in [6.07, 6.45) is 2.64. The van der Waals surface area contributed by atoms with Gasteiger partial charge in [0.05, 0.1) is 5.56 Å². The van der Waals surface area contributed by atoms with Crippen LogP contribution in [0.2, 0.25) is 0 Å². The van der Waals surface area contributed by atoms with Gasteiger partial charge in [-0.25, -0.2) is 4.79 Å². The number of hydrogen-bond acceptors (Lipinski definition) is 4. The topological polar surface area (TPSA) is 61.8 Å². The second kappa shape index (κ2) is 7.26. The molecule has 0 amide bonds. The van der Waals surface area contributed by atoms with Crippen molar-refractivity contribution in [3.8, 4) is 5.75 Å². The van der Waals surface area contributed by atoms with Crippen molar-refractivity contribution in [3.05, 3.63) is 29.8 Å². The van der Waals surface area contributed by atoms with Gasteiger partial charge in [-0.15, -0.1) is 0 Å². The van der Waals surface area contributed by atoms with Crippen molar-refractivity contribution in [2.75, 3.05) is 33.3 Å². The number of nitrogens with zero attached hydrogens (tertiary/aromatic N) is 1. The number of rotatable bonds is 9. The van der Waals surface area contributed by atoms with Crippen molar-refractivity contribution < 1.29 is 14.6 Å². The Labute approximate surface area is 119 Å². The molecule has 0 saturated heterocycles. The van der Waals surface area contributed by atoms with E-state index in [1.807, 2.05) is 0 Å². The summed E-state index contributed by atoms with van der Waals surface area (Å²) in [4.78, 5) is 12.9. The maximum absolute atomic E-state index is 10.7. The van der Waals surface area contributed by atoms with E-state index in [1.54, 1.807) is 24.3 Å². The largest absolute Gasteiger partial charge is 0.492 e. The molecule has 5 nitrogen and oxygen atoms in total. The van der Waals surface area contributed by atoms with Gasteiger partial charge in [0.25, 0.3) is 0 Å². The molecule has 0 heterocycles. The predicted octanol–water partition coefficient (Wildman–Crippen LogP) is 1.45. The third kappa shape index (κ3) is 5.19. The van der Waals surface area contributed by atoms with E-state index in [1.165, 1.54) is 12.8 Å². The molecule has 0 spiro atoms. The number of aromatic carboxylic acids is 1. The first-order valence-electron chi connectivity index (χ1n) is 7.03. The average Bonchev–Trinajstić information content (AvgIpc) is 3.23. The highest BCUT2D eigenvalue weighted by molar-refractivity contribution is 5.87. The van der Waals surface area contributed by atoms with E-state index >= 15 is 0 Å². The number of carbonyl (C=O) groups is 1. The number of carboxylic acids is 1. The van der Waals surface area contributed by atoms with E-state index in [4.69, 9.17) is 9.84 Å². The van der Waals surface area contributed by atoms with Gasteiger partial charge in [0, 0.05) is 25.7 Å². The minimum atomic E-state index is -0.917. The van der Waals surface area contributed by atoms with E-state index < -0.39 is 5.97 Å². The summed E-state index contributed by atoms with van der Waals surface area (Å²) in [7, 11) is 2.07. The zero-order chi connectivity index (χ0) is 14.4. The molecule has 0 radical (unpaired) electrons. The number of hydrogen-bond donors (Lipinski definition) is 2. The molecule has 1 aromatic carbocycles. The number of ether oxygens (including phenoxy) is 1. The molecule has 110 valence electrons. The molecule has 1 aromatic rings. The molecule has 0 atom stereocenters. The summed E-state index contributed by atoms with van der Waals surface area (Å²) in [5, 5.41) is 12.3. The smallest absolute Gasteiger partial charge is 0.335 e. The van der Waals surface area contributed by atoms with Crippen LogP contribution in [-0.2, 0) is 0 Å². The minimum Gasteiger partial charge on any atom is -0.492 e. The summed E-state index contributed by atoms with van der Waals surface area (Å²) in [6, 6.07) is 7.25. The van der Waals surface area contributed by atoms with Crippen LogP contribution in [0.1, 0.15) is 23.2 Å². The Morgan fingerprint density at radius 1 is 1.35 bits per heavy atom. The van der Waals surface area contributed by atoms with Crippen molar-refractivity contribution in [1.29, 1.82) is 0 Å². The number of nitrogens with one attached hydrogen (secondary N) is 1. The first kappa shape index (κ1) is 14.8. The fraction of sp³-hybridized carbons (Fsp3) is 0.533. The zero-order valence-corrected chi connectivity index (χ0v) is 11.8. The Bertz CT molecular complexity index is 429. The molecule has 2 rings (SSSR count). The second-order valence-corrected chi connectivity index (χ2v) is 5.21. The first-order chi connectivity index (χ1) is 9.65. The van der Waals surface area contributed by atoms with Crippen molar-refractivity contribution in [2.45, 2.75) is 18.9 Å². The molecule has 2 N–H and O–H groups in total. The van der Waals surface area contributed by atoms with Crippen LogP contribution in [0.25, 0.3) is 0 Å². The lowest BCUT2D eigenvalue weighted by atomic mass is 10.2. The quantitative estimate of drug-likeness (QED) is 0.716. The van der Waals surface area contributed by atoms with Crippen LogP contribution in [0.15, 0.2) is 24.3 Å². The monoisotopic (exact) mass is 278 g/mol. The Morgan fingerprint density at radius 2 is 2.05 bits per heavy atom. The second-order valence-electron chi connectivity index (χ2n) is 5.21. The molecule has 0 unspecified atom stereocenters. The van der Waals surface area contributed by atoms with Crippen molar-refractivity contribution in [2.24, 2.45) is 0 Å². The molecule has 1 saturated carbocycles. The van der Waals surface area contributed by atoms with Gasteiger partial charge in [-0.05, 0) is 44.2 Å². The Balaban J connectivity index is 1.60. The van der Waals surface area contributed by atoms with Crippen LogP contribution in [0, 0.1) is 0 Å². The van der Waals surface area contributed by atoms with Gasteiger partial charge in [0.1, 0.15) is 12.4 Å². The minimum absolute atomic E-state index is 0.278. The Morgan fingerprint density at radius 3 is 2.65 bits per heavy atom. The van der Waals surface area contributed by atoms with Crippen molar-refractivity contribution >= 4 is 5.97 Å². The van der Waals surface area contributed by atoms with Crippen molar-refractivity contribution in [1.82, 2.24) is 10.2 Å². The first-order valence-corrected chi connectivity index (χ1v) is 7.03. The number of carboxylic acid groups (broad SMARTS) is 1. The normalized spacial score (nSPS) is 14.5. The van der Waals surface area contributed by atoms with E-state index in [9.17, 15) is 4.79 Å². The lowest BCUT2D eigenvalue weighted by Gasteiger charge is -2.17. The summed E-state index contributed by atoms with van der Waals surface area (Å²) >= 11 is 0. The molecule has 5 heteroatoms. The van der Waals surface area contributed by atoms with Crippen LogP contribution < -0.4 is 10.1 Å². The van der Waals surface area contributed by atoms with Gasteiger partial charge in [-0.2, -0.15) is 0 Å². The zero-order valence-electron chi connectivity index (χ0n) is 11.8.